The summed E-state index contributed by atoms with van der Waals surface area (Å²) in [6.45, 7) is 5.17. The lowest BCUT2D eigenvalue weighted by Crippen LogP contribution is -2.50. The van der Waals surface area contributed by atoms with Crippen LogP contribution in [0.15, 0.2) is 36.5 Å². The molecular weight excluding hydrogens is 293 g/mol. The molecule has 0 heterocycles. The number of carbonyl (C=O) groups excluding carboxylic acids is 1. The maximum absolute atomic E-state index is 13.2. The average Bonchev–Trinajstić information content (AvgIpc) is 2.38. The van der Waals surface area contributed by atoms with Crippen molar-refractivity contribution in [3.63, 3.8) is 0 Å². The molecule has 1 aliphatic carbocycles. The Labute approximate surface area is 127 Å². The Bertz CT molecular complexity index is 563. The summed E-state index contributed by atoms with van der Waals surface area (Å²) in [4.78, 5) is 12.1. The molecule has 120 valence electrons. The number of benzene rings is 1. The van der Waals surface area contributed by atoms with Crippen LogP contribution in [0.2, 0.25) is 0 Å². The topological polar surface area (TPSA) is 55.1 Å². The summed E-state index contributed by atoms with van der Waals surface area (Å²) >= 11 is 0. The van der Waals surface area contributed by atoms with Crippen molar-refractivity contribution < 1.29 is 18.0 Å². The van der Waals surface area contributed by atoms with E-state index in [1.165, 1.54) is 24.3 Å². The Balaban J connectivity index is 2.23. The number of hydrogen-bond donors (Lipinski definition) is 2. The van der Waals surface area contributed by atoms with Gasteiger partial charge in [-0.1, -0.05) is 18.7 Å². The molecule has 1 aliphatic rings. The summed E-state index contributed by atoms with van der Waals surface area (Å²) in [5.74, 6) is -4.61. The van der Waals surface area contributed by atoms with Gasteiger partial charge in [-0.05, 0) is 30.5 Å². The lowest BCUT2D eigenvalue weighted by atomic mass is 9.68. The number of allylic oxidation sites excluding steroid dienone is 1. The Morgan fingerprint density at radius 1 is 1.36 bits per heavy atom. The molecule has 0 radical (unpaired) electrons. The number of rotatable bonds is 5. The summed E-state index contributed by atoms with van der Waals surface area (Å²) in [5, 5.41) is 2.51. The molecule has 0 aromatic heterocycles. The Morgan fingerprint density at radius 3 is 2.36 bits per heavy atom. The predicted octanol–water partition coefficient (Wildman–Crippen LogP) is 2.93. The van der Waals surface area contributed by atoms with E-state index in [1.54, 1.807) is 6.92 Å². The minimum atomic E-state index is -2.71. The largest absolute Gasteiger partial charge is 0.329 e. The molecule has 0 unspecified atom stereocenters. The molecule has 3 nitrogen and oxygen atoms in total. The Kier molecular flexibility index (Phi) is 4.60. The van der Waals surface area contributed by atoms with Crippen molar-refractivity contribution in [3.05, 3.63) is 47.9 Å². The van der Waals surface area contributed by atoms with Crippen LogP contribution in [-0.2, 0) is 4.79 Å². The maximum atomic E-state index is 13.2. The molecule has 1 fully saturated rings. The van der Waals surface area contributed by atoms with Gasteiger partial charge in [0.15, 0.2) is 0 Å². The van der Waals surface area contributed by atoms with Gasteiger partial charge in [0.25, 0.3) is 0 Å². The fourth-order valence-corrected chi connectivity index (χ4v) is 2.88. The van der Waals surface area contributed by atoms with Crippen LogP contribution in [0, 0.1) is 11.7 Å². The van der Waals surface area contributed by atoms with E-state index in [-0.39, 0.29) is 12.8 Å². The van der Waals surface area contributed by atoms with Gasteiger partial charge in [0, 0.05) is 24.5 Å². The number of nitrogens with two attached hydrogens (primary N) is 1. The van der Waals surface area contributed by atoms with Crippen molar-refractivity contribution in [1.82, 2.24) is 5.32 Å². The second kappa shape index (κ2) is 6.12. The Hall–Kier alpha value is -1.82. The average molecular weight is 312 g/mol. The lowest BCUT2D eigenvalue weighted by Gasteiger charge is -2.42. The molecule has 6 heteroatoms. The minimum Gasteiger partial charge on any atom is -0.329 e. The van der Waals surface area contributed by atoms with Gasteiger partial charge in [-0.25, -0.2) is 13.2 Å². The van der Waals surface area contributed by atoms with E-state index >= 15 is 0 Å². The van der Waals surface area contributed by atoms with Crippen molar-refractivity contribution in [2.75, 3.05) is 0 Å². The van der Waals surface area contributed by atoms with Gasteiger partial charge in [0.1, 0.15) is 5.82 Å². The zero-order valence-corrected chi connectivity index (χ0v) is 12.3. The van der Waals surface area contributed by atoms with Gasteiger partial charge in [-0.2, -0.15) is 0 Å². The molecule has 3 N–H and O–H groups in total. The third-order valence-corrected chi connectivity index (χ3v) is 3.91. The number of carbonyl (C=O) groups is 1. The van der Waals surface area contributed by atoms with Gasteiger partial charge in [-0.15, -0.1) is 0 Å². The quantitative estimate of drug-likeness (QED) is 0.878. The van der Waals surface area contributed by atoms with E-state index in [1.807, 2.05) is 0 Å². The highest BCUT2D eigenvalue weighted by Crippen LogP contribution is 2.50. The van der Waals surface area contributed by atoms with Crippen LogP contribution in [0.5, 0.6) is 0 Å². The van der Waals surface area contributed by atoms with E-state index in [0.29, 0.717) is 11.3 Å². The second-order valence-corrected chi connectivity index (χ2v) is 5.90. The van der Waals surface area contributed by atoms with Gasteiger partial charge < -0.3 is 11.1 Å². The summed E-state index contributed by atoms with van der Waals surface area (Å²) in [7, 11) is 0. The van der Waals surface area contributed by atoms with Gasteiger partial charge in [0.2, 0.25) is 11.8 Å². The summed E-state index contributed by atoms with van der Waals surface area (Å²) in [6.07, 6.45) is -0.633. The molecule has 0 spiro atoms. The molecule has 1 amide bonds. The second-order valence-electron chi connectivity index (χ2n) is 5.90. The van der Waals surface area contributed by atoms with Crippen LogP contribution in [0.3, 0.4) is 0 Å². The van der Waals surface area contributed by atoms with Crippen LogP contribution in [0.4, 0.5) is 13.2 Å². The first-order chi connectivity index (χ1) is 10.2. The van der Waals surface area contributed by atoms with Gasteiger partial charge >= 0.3 is 0 Å². The van der Waals surface area contributed by atoms with Crippen molar-refractivity contribution in [2.45, 2.75) is 37.6 Å². The monoisotopic (exact) mass is 312 g/mol. The zero-order chi connectivity index (χ0) is 16.5. The first-order valence-electron chi connectivity index (χ1n) is 7.05. The number of hydrogen-bond acceptors (Lipinski definition) is 2. The van der Waals surface area contributed by atoms with Crippen LogP contribution >= 0.6 is 0 Å². The molecule has 1 aromatic carbocycles. The van der Waals surface area contributed by atoms with Crippen LogP contribution in [-0.4, -0.2) is 17.9 Å². The molecule has 0 bridgehead atoms. The normalized spacial score (nSPS) is 19.9. The van der Waals surface area contributed by atoms with Crippen LogP contribution in [0.1, 0.15) is 31.2 Å². The first kappa shape index (κ1) is 16.5. The van der Waals surface area contributed by atoms with Gasteiger partial charge in [-0.3, -0.25) is 4.79 Å². The fraction of sp³-hybridized carbons (Fsp3) is 0.438. The van der Waals surface area contributed by atoms with E-state index in [2.05, 4.69) is 11.9 Å². The predicted molar refractivity (Wildman–Crippen MR) is 77.7 cm³/mol. The van der Waals surface area contributed by atoms with Crippen LogP contribution in [0.25, 0.3) is 0 Å². The number of amides is 1. The lowest BCUT2D eigenvalue weighted by molar-refractivity contribution is -0.131. The van der Waals surface area contributed by atoms with Crippen molar-refractivity contribution in [1.29, 1.82) is 0 Å². The standard InChI is InChI=1S/C16H19F3N2O/c1-9(2)21-15(22)14(20)13(11-7-16(18,19)8-11)10-3-5-12(17)6-4-10/h3-6,11,13-14H,1,7-8,20H2,2H3,(H,21,22)/t13-,14+/m1/s1. The minimum absolute atomic E-state index is 0.316. The molecule has 1 aromatic rings. The number of alkyl halides is 2. The van der Waals surface area contributed by atoms with E-state index in [4.69, 9.17) is 5.73 Å². The van der Waals surface area contributed by atoms with E-state index in [0.717, 1.165) is 0 Å². The van der Waals surface area contributed by atoms with Crippen LogP contribution < -0.4 is 11.1 Å². The summed E-state index contributed by atoms with van der Waals surface area (Å²) < 4.78 is 39.4. The smallest absolute Gasteiger partial charge is 0.248 e. The third kappa shape index (κ3) is 3.68. The zero-order valence-electron chi connectivity index (χ0n) is 12.3. The van der Waals surface area contributed by atoms with E-state index in [9.17, 15) is 18.0 Å². The maximum Gasteiger partial charge on any atom is 0.248 e. The molecule has 2 rings (SSSR count). The summed E-state index contributed by atoms with van der Waals surface area (Å²) in [5.41, 5.74) is 7.00. The van der Waals surface area contributed by atoms with Crippen molar-refractivity contribution in [3.8, 4) is 0 Å². The van der Waals surface area contributed by atoms with Crippen molar-refractivity contribution in [2.24, 2.45) is 11.7 Å². The Morgan fingerprint density at radius 2 is 1.91 bits per heavy atom. The van der Waals surface area contributed by atoms with Crippen molar-refractivity contribution >= 4 is 5.91 Å². The highest BCUT2D eigenvalue weighted by molar-refractivity contribution is 5.84. The first-order valence-corrected chi connectivity index (χ1v) is 7.05. The third-order valence-electron chi connectivity index (χ3n) is 3.91. The van der Waals surface area contributed by atoms with Gasteiger partial charge in [0.05, 0.1) is 6.04 Å². The molecular formula is C16H19F3N2O. The highest BCUT2D eigenvalue weighted by Gasteiger charge is 2.50. The molecule has 0 aliphatic heterocycles. The SMILES string of the molecule is C=C(C)NC(=O)[C@@H](N)[C@H](c1ccc(F)cc1)C1CC(F)(F)C1. The number of nitrogens with one attached hydrogen (secondary N) is 1. The highest BCUT2D eigenvalue weighted by atomic mass is 19.3. The molecule has 0 saturated heterocycles. The molecule has 2 atom stereocenters. The molecule has 22 heavy (non-hydrogen) atoms. The molecule has 1 saturated carbocycles. The van der Waals surface area contributed by atoms with E-state index < -0.39 is 35.5 Å². The number of halogens is 3. The fourth-order valence-electron chi connectivity index (χ4n) is 2.88. The summed E-state index contributed by atoms with van der Waals surface area (Å²) in [6, 6.07) is 4.46.